The number of hydrogen-bond donors (Lipinski definition) is 1. The van der Waals surface area contributed by atoms with Gasteiger partial charge in [-0.05, 0) is 54.0 Å². The van der Waals surface area contributed by atoms with Crippen LogP contribution in [0.2, 0.25) is 0 Å². The maximum Gasteiger partial charge on any atom is 0.224 e. The molecule has 0 aliphatic carbocycles. The molecule has 3 nitrogen and oxygen atoms in total. The molecule has 3 rings (SSSR count). The lowest BCUT2D eigenvalue weighted by molar-refractivity contribution is -0.120. The zero-order chi connectivity index (χ0) is 18.4. The van der Waals surface area contributed by atoms with Gasteiger partial charge in [-0.15, -0.1) is 0 Å². The van der Waals surface area contributed by atoms with Crippen LogP contribution in [0.25, 0.3) is 0 Å². The maximum atomic E-state index is 12.2. The normalized spacial score (nSPS) is 17.2. The molecule has 2 aromatic rings. The van der Waals surface area contributed by atoms with Gasteiger partial charge in [0.1, 0.15) is 0 Å². The van der Waals surface area contributed by atoms with Crippen molar-refractivity contribution in [1.82, 2.24) is 5.32 Å². The third kappa shape index (κ3) is 5.10. The van der Waals surface area contributed by atoms with Gasteiger partial charge in [-0.3, -0.25) is 4.79 Å². The van der Waals surface area contributed by atoms with Crippen molar-refractivity contribution in [2.24, 2.45) is 5.92 Å². The molecule has 3 heteroatoms. The first-order chi connectivity index (χ1) is 12.6. The Morgan fingerprint density at radius 1 is 1.04 bits per heavy atom. The topological polar surface area (TPSA) is 32.3 Å². The van der Waals surface area contributed by atoms with E-state index in [9.17, 15) is 4.79 Å². The summed E-state index contributed by atoms with van der Waals surface area (Å²) in [5.41, 5.74) is 4.81. The monoisotopic (exact) mass is 350 g/mol. The number of carbonyl (C=O) groups excluding carboxylic acids is 1. The van der Waals surface area contributed by atoms with Crippen molar-refractivity contribution >= 4 is 11.6 Å². The lowest BCUT2D eigenvalue weighted by Gasteiger charge is -2.32. The molecule has 26 heavy (non-hydrogen) atoms. The number of nitrogens with one attached hydrogen (secondary N) is 1. The Hall–Kier alpha value is -2.29. The van der Waals surface area contributed by atoms with Gasteiger partial charge in [-0.25, -0.2) is 0 Å². The van der Waals surface area contributed by atoms with Crippen LogP contribution >= 0.6 is 0 Å². The van der Waals surface area contributed by atoms with E-state index in [0.717, 1.165) is 36.6 Å². The van der Waals surface area contributed by atoms with E-state index >= 15 is 0 Å². The van der Waals surface area contributed by atoms with Crippen molar-refractivity contribution in [2.75, 3.05) is 18.0 Å². The second-order valence-electron chi connectivity index (χ2n) is 7.48. The molecule has 1 aliphatic rings. The fraction of sp³-hybridized carbons (Fsp3) is 0.435. The zero-order valence-corrected chi connectivity index (χ0v) is 16.0. The Morgan fingerprint density at radius 2 is 1.69 bits per heavy atom. The Morgan fingerprint density at radius 3 is 2.35 bits per heavy atom. The van der Waals surface area contributed by atoms with Gasteiger partial charge < -0.3 is 10.2 Å². The van der Waals surface area contributed by atoms with Gasteiger partial charge in [0.05, 0.1) is 6.42 Å². The number of aryl methyl sites for hydroxylation is 1. The van der Waals surface area contributed by atoms with Crippen molar-refractivity contribution in [3.8, 4) is 0 Å². The summed E-state index contributed by atoms with van der Waals surface area (Å²) in [6.45, 7) is 7.34. The standard InChI is InChI=1S/C23H30N2O/c1-3-19-6-8-20(9-7-19)15-23(26)24-16-21-10-12-22(13-11-21)25-14-4-5-18(2)17-25/h6-13,18H,3-5,14-17H2,1-2H3,(H,24,26). The van der Waals surface area contributed by atoms with Crippen LogP contribution < -0.4 is 10.2 Å². The Labute approximate surface area is 157 Å². The van der Waals surface area contributed by atoms with Gasteiger partial charge in [0, 0.05) is 25.3 Å². The molecule has 1 N–H and O–H groups in total. The largest absolute Gasteiger partial charge is 0.371 e. The third-order valence-corrected chi connectivity index (χ3v) is 5.24. The number of carbonyl (C=O) groups is 1. The molecule has 1 saturated heterocycles. The van der Waals surface area contributed by atoms with Gasteiger partial charge in [0.25, 0.3) is 0 Å². The zero-order valence-electron chi connectivity index (χ0n) is 16.0. The van der Waals surface area contributed by atoms with Crippen LogP contribution in [0.15, 0.2) is 48.5 Å². The van der Waals surface area contributed by atoms with Crippen LogP contribution in [-0.4, -0.2) is 19.0 Å². The molecule has 0 bridgehead atoms. The summed E-state index contributed by atoms with van der Waals surface area (Å²) in [6, 6.07) is 16.9. The van der Waals surface area contributed by atoms with Crippen molar-refractivity contribution in [1.29, 1.82) is 0 Å². The third-order valence-electron chi connectivity index (χ3n) is 5.24. The van der Waals surface area contributed by atoms with Crippen LogP contribution in [0.3, 0.4) is 0 Å². The summed E-state index contributed by atoms with van der Waals surface area (Å²) in [4.78, 5) is 14.6. The minimum Gasteiger partial charge on any atom is -0.371 e. The predicted molar refractivity (Wildman–Crippen MR) is 108 cm³/mol. The van der Waals surface area contributed by atoms with E-state index in [1.165, 1.54) is 24.1 Å². The quantitative estimate of drug-likeness (QED) is 0.840. The number of anilines is 1. The average molecular weight is 351 g/mol. The summed E-state index contributed by atoms with van der Waals surface area (Å²) in [5, 5.41) is 3.03. The number of amides is 1. The van der Waals surface area contributed by atoms with Gasteiger partial charge in [-0.1, -0.05) is 50.2 Å². The van der Waals surface area contributed by atoms with E-state index < -0.39 is 0 Å². The highest BCUT2D eigenvalue weighted by Crippen LogP contribution is 2.23. The predicted octanol–water partition coefficient (Wildman–Crippen LogP) is 4.34. The highest BCUT2D eigenvalue weighted by molar-refractivity contribution is 5.78. The summed E-state index contributed by atoms with van der Waals surface area (Å²) in [7, 11) is 0. The lowest BCUT2D eigenvalue weighted by Crippen LogP contribution is -2.34. The molecular weight excluding hydrogens is 320 g/mol. The Balaban J connectivity index is 1.48. The Bertz CT molecular complexity index is 706. The molecular formula is C23H30N2O. The molecule has 1 aliphatic heterocycles. The first-order valence-corrected chi connectivity index (χ1v) is 9.82. The maximum absolute atomic E-state index is 12.2. The van der Waals surface area contributed by atoms with E-state index in [1.807, 2.05) is 12.1 Å². The molecule has 1 unspecified atom stereocenters. The first kappa shape index (κ1) is 18.5. The van der Waals surface area contributed by atoms with Gasteiger partial charge in [0.15, 0.2) is 0 Å². The second kappa shape index (κ2) is 8.88. The molecule has 1 heterocycles. The number of nitrogens with zero attached hydrogens (tertiary/aromatic N) is 1. The molecule has 1 fully saturated rings. The number of piperidine rings is 1. The molecule has 2 aromatic carbocycles. The van der Waals surface area contributed by atoms with Crippen LogP contribution in [0, 0.1) is 5.92 Å². The number of hydrogen-bond acceptors (Lipinski definition) is 2. The summed E-state index contributed by atoms with van der Waals surface area (Å²) in [6.07, 6.45) is 4.08. The van der Waals surface area contributed by atoms with Gasteiger partial charge >= 0.3 is 0 Å². The molecule has 0 saturated carbocycles. The highest BCUT2D eigenvalue weighted by atomic mass is 16.1. The summed E-state index contributed by atoms with van der Waals surface area (Å²) in [5.74, 6) is 0.845. The van der Waals surface area contributed by atoms with E-state index in [1.54, 1.807) is 0 Å². The molecule has 138 valence electrons. The van der Waals surface area contributed by atoms with Crippen LogP contribution in [0.4, 0.5) is 5.69 Å². The highest BCUT2D eigenvalue weighted by Gasteiger charge is 2.16. The van der Waals surface area contributed by atoms with Crippen molar-refractivity contribution in [3.05, 3.63) is 65.2 Å². The minimum atomic E-state index is 0.0724. The second-order valence-corrected chi connectivity index (χ2v) is 7.48. The number of rotatable bonds is 6. The molecule has 1 amide bonds. The van der Waals surface area contributed by atoms with Crippen molar-refractivity contribution in [3.63, 3.8) is 0 Å². The lowest BCUT2D eigenvalue weighted by atomic mass is 9.99. The van der Waals surface area contributed by atoms with E-state index in [-0.39, 0.29) is 5.91 Å². The molecule has 0 spiro atoms. The average Bonchev–Trinajstić information content (AvgIpc) is 2.67. The van der Waals surface area contributed by atoms with Crippen LogP contribution in [0.1, 0.15) is 43.4 Å². The SMILES string of the molecule is CCc1ccc(CC(=O)NCc2ccc(N3CCCC(C)C3)cc2)cc1. The fourth-order valence-corrected chi connectivity index (χ4v) is 3.59. The minimum absolute atomic E-state index is 0.0724. The fourth-order valence-electron chi connectivity index (χ4n) is 3.59. The Kier molecular flexibility index (Phi) is 6.32. The van der Waals surface area contributed by atoms with Gasteiger partial charge in [-0.2, -0.15) is 0 Å². The smallest absolute Gasteiger partial charge is 0.224 e. The molecule has 0 radical (unpaired) electrons. The van der Waals surface area contributed by atoms with Crippen LogP contribution in [-0.2, 0) is 24.2 Å². The van der Waals surface area contributed by atoms with E-state index in [0.29, 0.717) is 13.0 Å². The van der Waals surface area contributed by atoms with E-state index in [4.69, 9.17) is 0 Å². The molecule has 1 atom stereocenters. The van der Waals surface area contributed by atoms with Crippen molar-refractivity contribution < 1.29 is 4.79 Å². The summed E-state index contributed by atoms with van der Waals surface area (Å²) >= 11 is 0. The van der Waals surface area contributed by atoms with Crippen LogP contribution in [0.5, 0.6) is 0 Å². The van der Waals surface area contributed by atoms with Gasteiger partial charge in [0.2, 0.25) is 5.91 Å². The van der Waals surface area contributed by atoms with Crippen molar-refractivity contribution in [2.45, 2.75) is 46.1 Å². The molecule has 0 aromatic heterocycles. The number of benzene rings is 2. The summed E-state index contributed by atoms with van der Waals surface area (Å²) < 4.78 is 0. The first-order valence-electron chi connectivity index (χ1n) is 9.82. The van der Waals surface area contributed by atoms with E-state index in [2.05, 4.69) is 60.5 Å².